The number of hydrogen-bond donors (Lipinski definition) is 3. The standard InChI is InChI=1S/C13H14FN3O3/c1-3-13(2,12(19)20)17-11(18)8-4-7(14)5-9-10(8)16-6-15-9/h4-6H,3H2,1-2H3,(H,15,16)(H,17,18)(H,19,20). The van der Waals surface area contributed by atoms with Crippen LogP contribution < -0.4 is 5.32 Å². The number of aromatic nitrogens is 2. The number of carboxylic acids is 1. The van der Waals surface area contributed by atoms with E-state index >= 15 is 0 Å². The summed E-state index contributed by atoms with van der Waals surface area (Å²) in [5.74, 6) is -2.42. The first kappa shape index (κ1) is 14.0. The first-order valence-corrected chi connectivity index (χ1v) is 6.06. The Morgan fingerprint density at radius 3 is 2.80 bits per heavy atom. The van der Waals surface area contributed by atoms with Crippen molar-refractivity contribution in [3.05, 3.63) is 29.8 Å². The molecule has 2 aromatic rings. The van der Waals surface area contributed by atoms with Gasteiger partial charge < -0.3 is 15.4 Å². The molecule has 7 heteroatoms. The zero-order valence-corrected chi connectivity index (χ0v) is 11.0. The van der Waals surface area contributed by atoms with Crippen molar-refractivity contribution in [2.75, 3.05) is 0 Å². The molecule has 0 aliphatic heterocycles. The quantitative estimate of drug-likeness (QED) is 0.793. The number of nitrogens with zero attached hydrogens (tertiary/aromatic N) is 1. The number of carbonyl (C=O) groups excluding carboxylic acids is 1. The predicted molar refractivity (Wildman–Crippen MR) is 69.8 cm³/mol. The Bertz CT molecular complexity index is 683. The number of carboxylic acid groups (broad SMARTS) is 1. The summed E-state index contributed by atoms with van der Waals surface area (Å²) in [7, 11) is 0. The van der Waals surface area contributed by atoms with E-state index in [2.05, 4.69) is 15.3 Å². The lowest BCUT2D eigenvalue weighted by Gasteiger charge is -2.24. The lowest BCUT2D eigenvalue weighted by atomic mass is 9.98. The van der Waals surface area contributed by atoms with Crippen molar-refractivity contribution >= 4 is 22.9 Å². The summed E-state index contributed by atoms with van der Waals surface area (Å²) in [4.78, 5) is 30.0. The average molecular weight is 279 g/mol. The van der Waals surface area contributed by atoms with Gasteiger partial charge >= 0.3 is 5.97 Å². The molecule has 1 amide bonds. The maximum atomic E-state index is 13.5. The fraction of sp³-hybridized carbons (Fsp3) is 0.308. The van der Waals surface area contributed by atoms with Crippen LogP contribution in [-0.4, -0.2) is 32.5 Å². The van der Waals surface area contributed by atoms with E-state index < -0.39 is 23.2 Å². The highest BCUT2D eigenvalue weighted by Gasteiger charge is 2.33. The van der Waals surface area contributed by atoms with E-state index in [1.807, 2.05) is 0 Å². The lowest BCUT2D eigenvalue weighted by molar-refractivity contribution is -0.143. The fourth-order valence-corrected chi connectivity index (χ4v) is 1.80. The van der Waals surface area contributed by atoms with Gasteiger partial charge in [-0.15, -0.1) is 0 Å². The van der Waals surface area contributed by atoms with Gasteiger partial charge in [-0.2, -0.15) is 0 Å². The van der Waals surface area contributed by atoms with Gasteiger partial charge in [-0.25, -0.2) is 14.2 Å². The molecule has 0 saturated heterocycles. The third kappa shape index (κ3) is 2.34. The van der Waals surface area contributed by atoms with Crippen molar-refractivity contribution in [2.45, 2.75) is 25.8 Å². The second kappa shape index (κ2) is 4.92. The van der Waals surface area contributed by atoms with Gasteiger partial charge in [0, 0.05) is 0 Å². The fourth-order valence-electron chi connectivity index (χ4n) is 1.80. The molecule has 1 aromatic carbocycles. The van der Waals surface area contributed by atoms with E-state index in [1.165, 1.54) is 19.3 Å². The van der Waals surface area contributed by atoms with E-state index in [4.69, 9.17) is 5.11 Å². The van der Waals surface area contributed by atoms with Crippen LogP contribution in [0.25, 0.3) is 11.0 Å². The van der Waals surface area contributed by atoms with Crippen molar-refractivity contribution in [3.63, 3.8) is 0 Å². The van der Waals surface area contributed by atoms with E-state index in [9.17, 15) is 14.0 Å². The SMILES string of the molecule is CCC(C)(NC(=O)c1cc(F)cc2[nH]cnc12)C(=O)O. The monoisotopic (exact) mass is 279 g/mol. The molecule has 1 heterocycles. The molecule has 0 saturated carbocycles. The molecule has 0 fully saturated rings. The van der Waals surface area contributed by atoms with Gasteiger partial charge in [-0.3, -0.25) is 4.79 Å². The summed E-state index contributed by atoms with van der Waals surface area (Å²) in [6, 6.07) is 2.26. The molecule has 3 N–H and O–H groups in total. The summed E-state index contributed by atoms with van der Waals surface area (Å²) in [6.45, 7) is 3.04. The Morgan fingerprint density at radius 2 is 2.20 bits per heavy atom. The highest BCUT2D eigenvalue weighted by Crippen LogP contribution is 2.19. The highest BCUT2D eigenvalue weighted by atomic mass is 19.1. The smallest absolute Gasteiger partial charge is 0.329 e. The van der Waals surface area contributed by atoms with Crippen LogP contribution in [0.5, 0.6) is 0 Å². The van der Waals surface area contributed by atoms with Crippen LogP contribution in [0.15, 0.2) is 18.5 Å². The molecule has 1 aromatic heterocycles. The number of amides is 1. The van der Waals surface area contributed by atoms with Crippen LogP contribution in [0.3, 0.4) is 0 Å². The molecule has 1 unspecified atom stereocenters. The number of halogens is 1. The summed E-state index contributed by atoms with van der Waals surface area (Å²) in [5, 5.41) is 11.6. The molecule has 1 atom stereocenters. The minimum absolute atomic E-state index is 0.00201. The molecule has 6 nitrogen and oxygen atoms in total. The van der Waals surface area contributed by atoms with E-state index in [1.54, 1.807) is 6.92 Å². The van der Waals surface area contributed by atoms with Gasteiger partial charge in [0.15, 0.2) is 0 Å². The van der Waals surface area contributed by atoms with E-state index in [-0.39, 0.29) is 12.0 Å². The molecule has 0 aliphatic carbocycles. The van der Waals surface area contributed by atoms with Gasteiger partial charge in [0.25, 0.3) is 5.91 Å². The number of aliphatic carboxylic acids is 1. The minimum atomic E-state index is -1.41. The molecule has 0 bridgehead atoms. The Kier molecular flexibility index (Phi) is 3.44. The van der Waals surface area contributed by atoms with Crippen LogP contribution in [0.2, 0.25) is 0 Å². The van der Waals surface area contributed by atoms with E-state index in [0.717, 1.165) is 6.07 Å². The topological polar surface area (TPSA) is 95.1 Å². The summed E-state index contributed by atoms with van der Waals surface area (Å²) >= 11 is 0. The maximum Gasteiger partial charge on any atom is 0.329 e. The largest absolute Gasteiger partial charge is 0.480 e. The van der Waals surface area contributed by atoms with Gasteiger partial charge in [0.2, 0.25) is 0 Å². The van der Waals surface area contributed by atoms with Crippen molar-refractivity contribution in [1.82, 2.24) is 15.3 Å². The first-order valence-electron chi connectivity index (χ1n) is 6.06. The number of carbonyl (C=O) groups is 2. The Hall–Kier alpha value is -2.44. The molecule has 20 heavy (non-hydrogen) atoms. The maximum absolute atomic E-state index is 13.5. The number of nitrogens with one attached hydrogen (secondary N) is 2. The van der Waals surface area contributed by atoms with Crippen molar-refractivity contribution in [2.24, 2.45) is 0 Å². The molecule has 0 radical (unpaired) electrons. The van der Waals surface area contributed by atoms with Gasteiger partial charge in [0.1, 0.15) is 16.9 Å². The zero-order valence-electron chi connectivity index (χ0n) is 11.0. The van der Waals surface area contributed by atoms with Crippen LogP contribution in [0, 0.1) is 5.82 Å². The first-order chi connectivity index (χ1) is 9.37. The van der Waals surface area contributed by atoms with Crippen molar-refractivity contribution in [1.29, 1.82) is 0 Å². The number of aromatic amines is 1. The second-order valence-corrected chi connectivity index (χ2v) is 4.70. The number of H-pyrrole nitrogens is 1. The van der Waals surface area contributed by atoms with Crippen molar-refractivity contribution in [3.8, 4) is 0 Å². The average Bonchev–Trinajstić information content (AvgIpc) is 2.85. The van der Waals surface area contributed by atoms with Crippen LogP contribution >= 0.6 is 0 Å². The van der Waals surface area contributed by atoms with Gasteiger partial charge in [-0.1, -0.05) is 6.92 Å². The highest BCUT2D eigenvalue weighted by molar-refractivity contribution is 6.06. The van der Waals surface area contributed by atoms with Crippen molar-refractivity contribution < 1.29 is 19.1 Å². The predicted octanol–water partition coefficient (Wildman–Crippen LogP) is 1.69. The van der Waals surface area contributed by atoms with Crippen LogP contribution in [0.1, 0.15) is 30.6 Å². The number of hydrogen-bond acceptors (Lipinski definition) is 3. The molecular weight excluding hydrogens is 265 g/mol. The third-order valence-electron chi connectivity index (χ3n) is 3.30. The molecular formula is C13H14FN3O3. The minimum Gasteiger partial charge on any atom is -0.480 e. The lowest BCUT2D eigenvalue weighted by Crippen LogP contribution is -2.51. The van der Waals surface area contributed by atoms with Gasteiger partial charge in [0.05, 0.1) is 17.4 Å². The molecule has 0 aliphatic rings. The van der Waals surface area contributed by atoms with Crippen LogP contribution in [-0.2, 0) is 4.79 Å². The number of benzene rings is 1. The summed E-state index contributed by atoms with van der Waals surface area (Å²) in [6.07, 6.45) is 1.55. The third-order valence-corrected chi connectivity index (χ3v) is 3.30. The summed E-state index contributed by atoms with van der Waals surface area (Å²) in [5.41, 5.74) is -0.731. The molecule has 0 spiro atoms. The number of imidazole rings is 1. The zero-order chi connectivity index (χ0) is 14.9. The molecule has 2 rings (SSSR count). The van der Waals surface area contributed by atoms with Gasteiger partial charge in [-0.05, 0) is 25.5 Å². The Morgan fingerprint density at radius 1 is 1.50 bits per heavy atom. The number of fused-ring (bicyclic) bond motifs is 1. The van der Waals surface area contributed by atoms with Crippen LogP contribution in [0.4, 0.5) is 4.39 Å². The second-order valence-electron chi connectivity index (χ2n) is 4.70. The summed E-state index contributed by atoms with van der Waals surface area (Å²) < 4.78 is 13.5. The Balaban J connectivity index is 2.41. The Labute approximate surface area is 114 Å². The normalized spacial score (nSPS) is 13.9. The number of rotatable bonds is 4. The molecule has 106 valence electrons. The van der Waals surface area contributed by atoms with E-state index in [0.29, 0.717) is 11.0 Å².